The van der Waals surface area contributed by atoms with Crippen LogP contribution in [0.4, 0.5) is 0 Å². The Hall–Kier alpha value is -0.990. The predicted molar refractivity (Wildman–Crippen MR) is 73.4 cm³/mol. The first-order valence-corrected chi connectivity index (χ1v) is 6.26. The van der Waals surface area contributed by atoms with Crippen molar-refractivity contribution in [3.05, 3.63) is 39.9 Å². The van der Waals surface area contributed by atoms with Gasteiger partial charge in [-0.3, -0.25) is 4.79 Å². The van der Waals surface area contributed by atoms with Crippen LogP contribution in [0.2, 0.25) is 10.0 Å². The highest BCUT2D eigenvalue weighted by Crippen LogP contribution is 2.23. The lowest BCUT2D eigenvalue weighted by molar-refractivity contribution is -0.125. The minimum atomic E-state index is 0.000993. The highest BCUT2D eigenvalue weighted by atomic mass is 35.5. The van der Waals surface area contributed by atoms with Gasteiger partial charge in [0.2, 0.25) is 5.91 Å². The number of amides is 1. The van der Waals surface area contributed by atoms with Crippen LogP contribution in [-0.2, 0) is 4.79 Å². The monoisotopic (exact) mass is 271 g/mol. The molecule has 92 valence electrons. The number of likely N-dealkylation sites (N-methyl/N-ethyl adjacent to an activating group) is 1. The number of hydrogen-bond acceptors (Lipinski definition) is 1. The molecule has 0 fully saturated rings. The Bertz CT molecular complexity index is 425. The summed E-state index contributed by atoms with van der Waals surface area (Å²) in [7, 11) is 0. The van der Waals surface area contributed by atoms with E-state index in [-0.39, 0.29) is 5.91 Å². The van der Waals surface area contributed by atoms with Crippen LogP contribution in [0.3, 0.4) is 0 Å². The summed E-state index contributed by atoms with van der Waals surface area (Å²) in [5.74, 6) is 0.000993. The van der Waals surface area contributed by atoms with E-state index in [0.29, 0.717) is 23.1 Å². The summed E-state index contributed by atoms with van der Waals surface area (Å²) in [5, 5.41) is 1.00. The quantitative estimate of drug-likeness (QED) is 0.762. The van der Waals surface area contributed by atoms with E-state index in [1.807, 2.05) is 19.9 Å². The van der Waals surface area contributed by atoms with Gasteiger partial charge in [0.25, 0.3) is 0 Å². The van der Waals surface area contributed by atoms with Gasteiger partial charge >= 0.3 is 0 Å². The molecule has 0 N–H and O–H groups in total. The van der Waals surface area contributed by atoms with E-state index in [4.69, 9.17) is 23.2 Å². The van der Waals surface area contributed by atoms with Crippen molar-refractivity contribution in [1.82, 2.24) is 4.90 Å². The highest BCUT2D eigenvalue weighted by molar-refractivity contribution is 6.42. The predicted octanol–water partition coefficient (Wildman–Crippen LogP) is 3.88. The average Bonchev–Trinajstić information content (AvgIpc) is 2.32. The lowest BCUT2D eigenvalue weighted by atomic mass is 10.2. The molecule has 0 radical (unpaired) electrons. The zero-order valence-corrected chi connectivity index (χ0v) is 11.4. The van der Waals surface area contributed by atoms with Crippen LogP contribution in [0.1, 0.15) is 19.4 Å². The molecule has 0 heterocycles. The van der Waals surface area contributed by atoms with E-state index in [1.54, 1.807) is 29.2 Å². The smallest absolute Gasteiger partial charge is 0.246 e. The van der Waals surface area contributed by atoms with Gasteiger partial charge in [0.15, 0.2) is 0 Å². The fourth-order valence-corrected chi connectivity index (χ4v) is 1.73. The van der Waals surface area contributed by atoms with Gasteiger partial charge in [0, 0.05) is 19.2 Å². The van der Waals surface area contributed by atoms with Crippen molar-refractivity contribution >= 4 is 35.2 Å². The summed E-state index contributed by atoms with van der Waals surface area (Å²) in [6, 6.07) is 5.27. The van der Waals surface area contributed by atoms with E-state index < -0.39 is 0 Å². The van der Waals surface area contributed by atoms with Crippen molar-refractivity contribution in [2.75, 3.05) is 13.1 Å². The molecule has 0 saturated heterocycles. The Labute approximate surface area is 112 Å². The molecule has 2 nitrogen and oxygen atoms in total. The van der Waals surface area contributed by atoms with Crippen LogP contribution in [0.5, 0.6) is 0 Å². The zero-order valence-electron chi connectivity index (χ0n) is 9.91. The van der Waals surface area contributed by atoms with Crippen molar-refractivity contribution in [2.24, 2.45) is 0 Å². The van der Waals surface area contributed by atoms with Gasteiger partial charge in [-0.1, -0.05) is 29.3 Å². The van der Waals surface area contributed by atoms with Crippen molar-refractivity contribution < 1.29 is 4.79 Å². The second-order valence-corrected chi connectivity index (χ2v) is 4.33. The first-order chi connectivity index (χ1) is 8.08. The standard InChI is InChI=1S/C13H15Cl2NO/c1-3-16(4-2)13(17)8-6-10-5-7-11(14)12(15)9-10/h5-9H,3-4H2,1-2H3. The molecule has 1 aromatic rings. The number of halogens is 2. The molecule has 1 amide bonds. The Morgan fingerprint density at radius 2 is 1.88 bits per heavy atom. The van der Waals surface area contributed by atoms with Crippen molar-refractivity contribution in [3.63, 3.8) is 0 Å². The summed E-state index contributed by atoms with van der Waals surface area (Å²) in [6.07, 6.45) is 3.29. The molecule has 0 aliphatic heterocycles. The van der Waals surface area contributed by atoms with Crippen molar-refractivity contribution in [1.29, 1.82) is 0 Å². The Morgan fingerprint density at radius 1 is 1.24 bits per heavy atom. The summed E-state index contributed by atoms with van der Waals surface area (Å²) in [6.45, 7) is 5.32. The fraction of sp³-hybridized carbons (Fsp3) is 0.308. The van der Waals surface area contributed by atoms with Gasteiger partial charge in [0.05, 0.1) is 10.0 Å². The van der Waals surface area contributed by atoms with Gasteiger partial charge in [-0.2, -0.15) is 0 Å². The maximum atomic E-state index is 11.7. The maximum absolute atomic E-state index is 11.7. The van der Waals surface area contributed by atoms with Crippen molar-refractivity contribution in [3.8, 4) is 0 Å². The molecule has 1 rings (SSSR count). The number of carbonyl (C=O) groups is 1. The number of hydrogen-bond donors (Lipinski definition) is 0. The van der Waals surface area contributed by atoms with Gasteiger partial charge in [-0.15, -0.1) is 0 Å². The summed E-state index contributed by atoms with van der Waals surface area (Å²) >= 11 is 11.7. The zero-order chi connectivity index (χ0) is 12.8. The molecule has 4 heteroatoms. The third-order valence-corrected chi connectivity index (χ3v) is 3.18. The molecule has 0 saturated carbocycles. The lowest BCUT2D eigenvalue weighted by Crippen LogP contribution is -2.28. The van der Waals surface area contributed by atoms with Gasteiger partial charge < -0.3 is 4.90 Å². The molecule has 0 unspecified atom stereocenters. The molecule has 17 heavy (non-hydrogen) atoms. The minimum absolute atomic E-state index is 0.000993. The molecule has 0 spiro atoms. The summed E-state index contributed by atoms with van der Waals surface area (Å²) in [4.78, 5) is 13.5. The molecule has 0 aromatic heterocycles. The number of benzene rings is 1. The largest absolute Gasteiger partial charge is 0.340 e. The molecule has 0 bridgehead atoms. The molecular weight excluding hydrogens is 257 g/mol. The third kappa shape index (κ3) is 4.06. The molecule has 0 atom stereocenters. The van der Waals surface area contributed by atoms with E-state index in [1.165, 1.54) is 0 Å². The number of rotatable bonds is 4. The molecular formula is C13H15Cl2NO. The Morgan fingerprint density at radius 3 is 2.41 bits per heavy atom. The first kappa shape index (κ1) is 14.1. The third-order valence-electron chi connectivity index (χ3n) is 2.44. The van der Waals surface area contributed by atoms with Crippen LogP contribution < -0.4 is 0 Å². The van der Waals surface area contributed by atoms with E-state index >= 15 is 0 Å². The molecule has 0 aliphatic rings. The lowest BCUT2D eigenvalue weighted by Gasteiger charge is -2.15. The van der Waals surface area contributed by atoms with E-state index in [9.17, 15) is 4.79 Å². The van der Waals surface area contributed by atoms with Gasteiger partial charge in [-0.05, 0) is 37.6 Å². The Balaban J connectivity index is 2.76. The van der Waals surface area contributed by atoms with Crippen LogP contribution in [0.25, 0.3) is 6.08 Å². The molecule has 0 aliphatic carbocycles. The van der Waals surface area contributed by atoms with Crippen LogP contribution in [0, 0.1) is 0 Å². The summed E-state index contributed by atoms with van der Waals surface area (Å²) in [5.41, 5.74) is 0.861. The topological polar surface area (TPSA) is 20.3 Å². The van der Waals surface area contributed by atoms with Crippen LogP contribution in [-0.4, -0.2) is 23.9 Å². The SMILES string of the molecule is CCN(CC)C(=O)C=Cc1ccc(Cl)c(Cl)c1. The minimum Gasteiger partial charge on any atom is -0.340 e. The van der Waals surface area contributed by atoms with Gasteiger partial charge in [0.1, 0.15) is 0 Å². The van der Waals surface area contributed by atoms with Gasteiger partial charge in [-0.25, -0.2) is 0 Å². The van der Waals surface area contributed by atoms with Crippen LogP contribution >= 0.6 is 23.2 Å². The van der Waals surface area contributed by atoms with E-state index in [2.05, 4.69) is 0 Å². The average molecular weight is 272 g/mol. The normalized spacial score (nSPS) is 10.8. The highest BCUT2D eigenvalue weighted by Gasteiger charge is 2.04. The number of nitrogens with zero attached hydrogens (tertiary/aromatic N) is 1. The maximum Gasteiger partial charge on any atom is 0.246 e. The van der Waals surface area contributed by atoms with Crippen LogP contribution in [0.15, 0.2) is 24.3 Å². The number of carbonyl (C=O) groups excluding carboxylic acids is 1. The summed E-state index contributed by atoms with van der Waals surface area (Å²) < 4.78 is 0. The fourth-order valence-electron chi connectivity index (χ4n) is 1.42. The van der Waals surface area contributed by atoms with E-state index in [0.717, 1.165) is 5.56 Å². The first-order valence-electron chi connectivity index (χ1n) is 5.50. The Kier molecular flexibility index (Phi) is 5.52. The second kappa shape index (κ2) is 6.67. The molecule has 1 aromatic carbocycles. The van der Waals surface area contributed by atoms with Crippen molar-refractivity contribution in [2.45, 2.75) is 13.8 Å². The second-order valence-electron chi connectivity index (χ2n) is 3.52.